The predicted octanol–water partition coefficient (Wildman–Crippen LogP) is 3.90. The maximum Gasteiger partial charge on any atom is 0.336 e. The van der Waals surface area contributed by atoms with E-state index in [0.29, 0.717) is 12.0 Å². The number of para-hydroxylation sites is 1. The molecular formula is C22H23NO4. The zero-order valence-electron chi connectivity index (χ0n) is 15.7. The Morgan fingerprint density at radius 2 is 1.96 bits per heavy atom. The molecule has 2 aliphatic heterocycles. The Kier molecular flexibility index (Phi) is 4.30. The Morgan fingerprint density at radius 3 is 2.70 bits per heavy atom. The first-order valence-corrected chi connectivity index (χ1v) is 9.06. The van der Waals surface area contributed by atoms with Gasteiger partial charge in [-0.15, -0.1) is 0 Å². The summed E-state index contributed by atoms with van der Waals surface area (Å²) in [6, 6.07) is 15.4. The molecule has 2 aromatic carbocycles. The third-order valence-electron chi connectivity index (χ3n) is 5.18. The molecule has 0 saturated heterocycles. The standard InChI is InChI=1S/C22H23NO4/c1-14-20(21(24)26-13-15-8-10-16(25-3)11-9-15)18-12-22(2,23-14)27-19-7-5-4-6-17(18)19/h4-11,18,23H,12-13H2,1-3H3/t18-,22-/m0/s1. The van der Waals surface area contributed by atoms with Crippen LogP contribution < -0.4 is 14.8 Å². The molecule has 140 valence electrons. The summed E-state index contributed by atoms with van der Waals surface area (Å²) in [6.45, 7) is 4.15. The van der Waals surface area contributed by atoms with Gasteiger partial charge in [0.15, 0.2) is 5.72 Å². The molecule has 0 fully saturated rings. The van der Waals surface area contributed by atoms with E-state index in [1.165, 1.54) is 0 Å². The lowest BCUT2D eigenvalue weighted by molar-refractivity contribution is -0.141. The largest absolute Gasteiger partial charge is 0.497 e. The number of methoxy groups -OCH3 is 1. The average molecular weight is 365 g/mol. The molecule has 0 saturated carbocycles. The van der Waals surface area contributed by atoms with E-state index in [1.807, 2.05) is 62.4 Å². The van der Waals surface area contributed by atoms with E-state index in [4.69, 9.17) is 14.2 Å². The Balaban J connectivity index is 1.57. The zero-order valence-corrected chi connectivity index (χ0v) is 15.7. The van der Waals surface area contributed by atoms with Crippen LogP contribution in [0.25, 0.3) is 0 Å². The summed E-state index contributed by atoms with van der Waals surface area (Å²) < 4.78 is 16.9. The number of rotatable bonds is 4. The number of hydrogen-bond acceptors (Lipinski definition) is 5. The van der Waals surface area contributed by atoms with Gasteiger partial charge in [-0.05, 0) is 37.6 Å². The van der Waals surface area contributed by atoms with E-state index < -0.39 is 5.72 Å². The van der Waals surface area contributed by atoms with Crippen molar-refractivity contribution in [1.29, 1.82) is 0 Å². The smallest absolute Gasteiger partial charge is 0.336 e. The molecule has 0 aromatic heterocycles. The van der Waals surface area contributed by atoms with Crippen molar-refractivity contribution < 1.29 is 19.0 Å². The minimum atomic E-state index is -0.511. The summed E-state index contributed by atoms with van der Waals surface area (Å²) in [6.07, 6.45) is 0.689. The second-order valence-electron chi connectivity index (χ2n) is 7.22. The highest BCUT2D eigenvalue weighted by Crippen LogP contribution is 2.47. The van der Waals surface area contributed by atoms with Crippen LogP contribution in [0.1, 0.15) is 37.3 Å². The number of nitrogens with one attached hydrogen (secondary N) is 1. The minimum absolute atomic E-state index is 0.0374. The fraction of sp³-hybridized carbons (Fsp3) is 0.318. The van der Waals surface area contributed by atoms with Crippen molar-refractivity contribution in [3.8, 4) is 11.5 Å². The van der Waals surface area contributed by atoms with Crippen LogP contribution in [0.5, 0.6) is 11.5 Å². The second kappa shape index (κ2) is 6.65. The van der Waals surface area contributed by atoms with Gasteiger partial charge < -0.3 is 19.5 Å². The van der Waals surface area contributed by atoms with Gasteiger partial charge in [-0.3, -0.25) is 0 Å². The van der Waals surface area contributed by atoms with Crippen LogP contribution in [0.4, 0.5) is 0 Å². The number of carbonyl (C=O) groups excluding carboxylic acids is 1. The van der Waals surface area contributed by atoms with Crippen LogP contribution in [0.2, 0.25) is 0 Å². The first-order valence-electron chi connectivity index (χ1n) is 9.06. The number of allylic oxidation sites excluding steroid dienone is 1. The van der Waals surface area contributed by atoms with Gasteiger partial charge in [-0.25, -0.2) is 4.79 Å². The van der Waals surface area contributed by atoms with Crippen molar-refractivity contribution in [1.82, 2.24) is 5.32 Å². The summed E-state index contributed by atoms with van der Waals surface area (Å²) in [4.78, 5) is 12.9. The van der Waals surface area contributed by atoms with Crippen molar-refractivity contribution >= 4 is 5.97 Å². The first-order chi connectivity index (χ1) is 13.0. The molecule has 5 heteroatoms. The summed E-state index contributed by atoms with van der Waals surface area (Å²) in [5, 5.41) is 3.35. The van der Waals surface area contributed by atoms with Gasteiger partial charge in [0.25, 0.3) is 0 Å². The van der Waals surface area contributed by atoms with E-state index >= 15 is 0 Å². The Hall–Kier alpha value is -2.95. The highest BCUT2D eigenvalue weighted by atomic mass is 16.5. The predicted molar refractivity (Wildman–Crippen MR) is 101 cm³/mol. The van der Waals surface area contributed by atoms with Crippen molar-refractivity contribution in [2.75, 3.05) is 7.11 Å². The minimum Gasteiger partial charge on any atom is -0.497 e. The zero-order chi connectivity index (χ0) is 19.0. The van der Waals surface area contributed by atoms with Crippen LogP contribution in [-0.4, -0.2) is 18.8 Å². The number of hydrogen-bond donors (Lipinski definition) is 1. The van der Waals surface area contributed by atoms with Gasteiger partial charge >= 0.3 is 5.97 Å². The van der Waals surface area contributed by atoms with Crippen molar-refractivity contribution in [2.45, 2.75) is 38.5 Å². The maximum atomic E-state index is 12.9. The van der Waals surface area contributed by atoms with Crippen LogP contribution in [-0.2, 0) is 16.1 Å². The summed E-state index contributed by atoms with van der Waals surface area (Å²) in [5.41, 5.74) is 2.93. The Labute approximate surface area is 158 Å². The van der Waals surface area contributed by atoms with Crippen LogP contribution in [0, 0.1) is 0 Å². The molecule has 0 aliphatic carbocycles. The van der Waals surface area contributed by atoms with Crippen LogP contribution in [0.15, 0.2) is 59.8 Å². The lowest BCUT2D eigenvalue weighted by Crippen LogP contribution is -2.54. The second-order valence-corrected chi connectivity index (χ2v) is 7.22. The van der Waals surface area contributed by atoms with Crippen LogP contribution in [0.3, 0.4) is 0 Å². The van der Waals surface area contributed by atoms with Crippen molar-refractivity contribution in [3.63, 3.8) is 0 Å². The lowest BCUT2D eigenvalue weighted by Gasteiger charge is -2.45. The van der Waals surface area contributed by atoms with Gasteiger partial charge in [0.1, 0.15) is 18.1 Å². The molecule has 0 radical (unpaired) electrons. The fourth-order valence-corrected chi connectivity index (χ4v) is 3.95. The molecule has 2 aromatic rings. The monoisotopic (exact) mass is 365 g/mol. The van der Waals surface area contributed by atoms with Gasteiger partial charge in [0.2, 0.25) is 0 Å². The average Bonchev–Trinajstić information content (AvgIpc) is 2.66. The molecule has 1 N–H and O–H groups in total. The SMILES string of the molecule is COc1ccc(COC(=O)C2=C(C)N[C@]3(C)C[C@H]2c2ccccc2O3)cc1. The molecule has 5 nitrogen and oxygen atoms in total. The maximum absolute atomic E-state index is 12.9. The lowest BCUT2D eigenvalue weighted by atomic mass is 9.78. The Bertz CT molecular complexity index is 903. The molecule has 2 heterocycles. The van der Waals surface area contributed by atoms with E-state index in [2.05, 4.69) is 5.32 Å². The molecule has 0 spiro atoms. The molecular weight excluding hydrogens is 342 g/mol. The van der Waals surface area contributed by atoms with Gasteiger partial charge in [0, 0.05) is 23.6 Å². The first kappa shape index (κ1) is 17.5. The fourth-order valence-electron chi connectivity index (χ4n) is 3.95. The number of carbonyl (C=O) groups is 1. The molecule has 2 aliphatic rings. The van der Waals surface area contributed by atoms with Gasteiger partial charge in [-0.2, -0.15) is 0 Å². The molecule has 0 amide bonds. The van der Waals surface area contributed by atoms with E-state index in [0.717, 1.165) is 28.3 Å². The Morgan fingerprint density at radius 1 is 1.22 bits per heavy atom. The normalized spacial score (nSPS) is 23.0. The third-order valence-corrected chi connectivity index (χ3v) is 5.18. The van der Waals surface area contributed by atoms with Crippen molar-refractivity contribution in [2.24, 2.45) is 0 Å². The summed E-state index contributed by atoms with van der Waals surface area (Å²) in [5.74, 6) is 1.26. The number of fused-ring (bicyclic) bond motifs is 4. The number of esters is 1. The van der Waals surface area contributed by atoms with E-state index in [-0.39, 0.29) is 18.5 Å². The summed E-state index contributed by atoms with van der Waals surface area (Å²) >= 11 is 0. The number of ether oxygens (including phenoxy) is 3. The number of benzene rings is 2. The van der Waals surface area contributed by atoms with Gasteiger partial charge in [0.05, 0.1) is 12.7 Å². The molecule has 2 atom stereocenters. The van der Waals surface area contributed by atoms with Crippen LogP contribution >= 0.6 is 0 Å². The molecule has 2 bridgehead atoms. The highest BCUT2D eigenvalue weighted by molar-refractivity contribution is 5.91. The molecule has 27 heavy (non-hydrogen) atoms. The topological polar surface area (TPSA) is 56.8 Å². The molecule has 0 unspecified atom stereocenters. The van der Waals surface area contributed by atoms with E-state index in [9.17, 15) is 4.79 Å². The quantitative estimate of drug-likeness (QED) is 0.833. The van der Waals surface area contributed by atoms with Gasteiger partial charge in [-0.1, -0.05) is 30.3 Å². The van der Waals surface area contributed by atoms with Crippen molar-refractivity contribution in [3.05, 3.63) is 70.9 Å². The third kappa shape index (κ3) is 3.25. The van der Waals surface area contributed by atoms with E-state index in [1.54, 1.807) is 7.11 Å². The highest BCUT2D eigenvalue weighted by Gasteiger charge is 2.45. The molecule has 4 rings (SSSR count). The summed E-state index contributed by atoms with van der Waals surface area (Å²) in [7, 11) is 1.62.